The van der Waals surface area contributed by atoms with Crippen molar-refractivity contribution in [3.63, 3.8) is 0 Å². The lowest BCUT2D eigenvalue weighted by Gasteiger charge is -1.97. The Morgan fingerprint density at radius 3 is 2.92 bits per heavy atom. The van der Waals surface area contributed by atoms with Crippen molar-refractivity contribution in [2.75, 3.05) is 0 Å². The first-order valence-electron chi connectivity index (χ1n) is 4.32. The fraction of sp³-hybridized carbons (Fsp3) is 0.364. The zero-order valence-electron chi connectivity index (χ0n) is 7.42. The van der Waals surface area contributed by atoms with Gasteiger partial charge in [-0.05, 0) is 25.0 Å². The largest absolute Gasteiger partial charge is 0.294 e. The summed E-state index contributed by atoms with van der Waals surface area (Å²) in [5.74, 6) is 0.510. The standard InChI is InChI=1S/C11H12O/c1-7-3-4-9-6-8(2)11(12)10(9)5-7/h3-5,8H,6H2,1-2H3/t8-/m1/s1. The molecule has 1 nitrogen and oxygen atoms in total. The Bertz CT molecular complexity index is 339. The minimum absolute atomic E-state index is 0.196. The van der Waals surface area contributed by atoms with Crippen molar-refractivity contribution in [3.05, 3.63) is 34.9 Å². The summed E-state index contributed by atoms with van der Waals surface area (Å²) >= 11 is 0. The highest BCUT2D eigenvalue weighted by atomic mass is 16.1. The van der Waals surface area contributed by atoms with E-state index in [1.807, 2.05) is 19.9 Å². The van der Waals surface area contributed by atoms with E-state index < -0.39 is 0 Å². The first-order valence-corrected chi connectivity index (χ1v) is 4.32. The van der Waals surface area contributed by atoms with Crippen LogP contribution in [0.2, 0.25) is 0 Å². The minimum Gasteiger partial charge on any atom is -0.294 e. The van der Waals surface area contributed by atoms with Crippen molar-refractivity contribution in [1.82, 2.24) is 0 Å². The van der Waals surface area contributed by atoms with Crippen LogP contribution in [-0.2, 0) is 6.42 Å². The Kier molecular flexibility index (Phi) is 1.53. The Balaban J connectivity index is 2.56. The third-order valence-electron chi connectivity index (χ3n) is 2.50. The van der Waals surface area contributed by atoms with E-state index in [4.69, 9.17) is 0 Å². The van der Waals surface area contributed by atoms with E-state index in [9.17, 15) is 4.79 Å². The number of benzene rings is 1. The third-order valence-corrected chi connectivity index (χ3v) is 2.50. The summed E-state index contributed by atoms with van der Waals surface area (Å²) in [5, 5.41) is 0. The summed E-state index contributed by atoms with van der Waals surface area (Å²) in [7, 11) is 0. The first-order chi connectivity index (χ1) is 5.68. The van der Waals surface area contributed by atoms with Crippen LogP contribution in [0.15, 0.2) is 18.2 Å². The molecule has 0 N–H and O–H groups in total. The lowest BCUT2D eigenvalue weighted by Crippen LogP contribution is -2.02. The second kappa shape index (κ2) is 2.44. The highest BCUT2D eigenvalue weighted by Crippen LogP contribution is 2.26. The molecule has 0 fully saturated rings. The topological polar surface area (TPSA) is 17.1 Å². The Morgan fingerprint density at radius 2 is 2.17 bits per heavy atom. The zero-order chi connectivity index (χ0) is 8.72. The highest BCUT2D eigenvalue weighted by molar-refractivity contribution is 6.02. The summed E-state index contributed by atoms with van der Waals surface area (Å²) < 4.78 is 0. The summed E-state index contributed by atoms with van der Waals surface area (Å²) in [5.41, 5.74) is 3.34. The zero-order valence-corrected chi connectivity index (χ0v) is 7.42. The maximum Gasteiger partial charge on any atom is 0.166 e. The van der Waals surface area contributed by atoms with Crippen LogP contribution in [0, 0.1) is 12.8 Å². The van der Waals surface area contributed by atoms with Crippen LogP contribution in [-0.4, -0.2) is 5.78 Å². The van der Waals surface area contributed by atoms with Crippen molar-refractivity contribution in [2.24, 2.45) is 5.92 Å². The Labute approximate surface area is 72.4 Å². The number of carbonyl (C=O) groups is 1. The molecule has 0 amide bonds. The Morgan fingerprint density at radius 1 is 1.42 bits per heavy atom. The lowest BCUT2D eigenvalue weighted by molar-refractivity contribution is 0.0946. The van der Waals surface area contributed by atoms with Crippen molar-refractivity contribution in [3.8, 4) is 0 Å². The predicted molar refractivity (Wildman–Crippen MR) is 48.4 cm³/mol. The second-order valence-corrected chi connectivity index (χ2v) is 3.63. The van der Waals surface area contributed by atoms with E-state index in [1.54, 1.807) is 0 Å². The average molecular weight is 160 g/mol. The quantitative estimate of drug-likeness (QED) is 0.569. The molecule has 0 bridgehead atoms. The molecular formula is C11H12O. The molecular weight excluding hydrogens is 148 g/mol. The highest BCUT2D eigenvalue weighted by Gasteiger charge is 2.26. The maximum atomic E-state index is 11.5. The van der Waals surface area contributed by atoms with E-state index in [1.165, 1.54) is 11.1 Å². The minimum atomic E-state index is 0.196. The third kappa shape index (κ3) is 0.970. The van der Waals surface area contributed by atoms with Gasteiger partial charge in [-0.2, -0.15) is 0 Å². The van der Waals surface area contributed by atoms with Crippen LogP contribution < -0.4 is 0 Å². The molecule has 1 aliphatic rings. The fourth-order valence-electron chi connectivity index (χ4n) is 1.79. The van der Waals surface area contributed by atoms with Gasteiger partial charge in [0.1, 0.15) is 0 Å². The van der Waals surface area contributed by atoms with Gasteiger partial charge < -0.3 is 0 Å². The van der Waals surface area contributed by atoms with Gasteiger partial charge in [-0.1, -0.05) is 24.6 Å². The molecule has 0 aromatic heterocycles. The van der Waals surface area contributed by atoms with Crippen LogP contribution in [0.25, 0.3) is 0 Å². The molecule has 0 spiro atoms. The molecule has 62 valence electrons. The van der Waals surface area contributed by atoms with E-state index >= 15 is 0 Å². The van der Waals surface area contributed by atoms with Gasteiger partial charge >= 0.3 is 0 Å². The monoisotopic (exact) mass is 160 g/mol. The van der Waals surface area contributed by atoms with Crippen LogP contribution in [0.3, 0.4) is 0 Å². The van der Waals surface area contributed by atoms with Crippen LogP contribution in [0.4, 0.5) is 0 Å². The number of rotatable bonds is 0. The molecule has 0 unspecified atom stereocenters. The van der Waals surface area contributed by atoms with Gasteiger partial charge in [0, 0.05) is 11.5 Å². The average Bonchev–Trinajstić information content (AvgIpc) is 2.31. The number of aryl methyl sites for hydroxylation is 1. The number of hydrogen-bond acceptors (Lipinski definition) is 1. The summed E-state index contributed by atoms with van der Waals surface area (Å²) in [6.07, 6.45) is 0.925. The molecule has 0 radical (unpaired) electrons. The molecule has 1 aromatic carbocycles. The van der Waals surface area contributed by atoms with Gasteiger partial charge in [-0.15, -0.1) is 0 Å². The van der Waals surface area contributed by atoms with Crippen LogP contribution in [0.1, 0.15) is 28.4 Å². The number of Topliss-reactive ketones (excluding diaryl/α,β-unsaturated/α-hetero) is 1. The van der Waals surface area contributed by atoms with Crippen molar-refractivity contribution >= 4 is 5.78 Å². The summed E-state index contributed by atoms with van der Waals surface area (Å²) in [6, 6.07) is 6.15. The molecule has 1 aliphatic carbocycles. The lowest BCUT2D eigenvalue weighted by atomic mass is 10.1. The molecule has 12 heavy (non-hydrogen) atoms. The number of carbonyl (C=O) groups excluding carboxylic acids is 1. The van der Waals surface area contributed by atoms with Crippen LogP contribution in [0.5, 0.6) is 0 Å². The number of ketones is 1. The normalized spacial score (nSPS) is 21.2. The van der Waals surface area contributed by atoms with Gasteiger partial charge in [-0.25, -0.2) is 0 Å². The number of fused-ring (bicyclic) bond motifs is 1. The van der Waals surface area contributed by atoms with E-state index in [2.05, 4.69) is 12.1 Å². The fourth-order valence-corrected chi connectivity index (χ4v) is 1.79. The van der Waals surface area contributed by atoms with E-state index in [0.29, 0.717) is 5.78 Å². The van der Waals surface area contributed by atoms with E-state index in [-0.39, 0.29) is 5.92 Å². The molecule has 0 saturated heterocycles. The van der Waals surface area contributed by atoms with Gasteiger partial charge in [0.05, 0.1) is 0 Å². The molecule has 1 atom stereocenters. The first kappa shape index (κ1) is 7.53. The summed E-state index contributed by atoms with van der Waals surface area (Å²) in [4.78, 5) is 11.5. The van der Waals surface area contributed by atoms with Crippen molar-refractivity contribution < 1.29 is 4.79 Å². The molecule has 0 heterocycles. The molecule has 1 aromatic rings. The number of hydrogen-bond donors (Lipinski definition) is 0. The van der Waals surface area contributed by atoms with Gasteiger partial charge in [-0.3, -0.25) is 4.79 Å². The van der Waals surface area contributed by atoms with Gasteiger partial charge in [0.15, 0.2) is 5.78 Å². The van der Waals surface area contributed by atoms with Gasteiger partial charge in [0.2, 0.25) is 0 Å². The molecule has 0 saturated carbocycles. The summed E-state index contributed by atoms with van der Waals surface area (Å²) in [6.45, 7) is 4.02. The smallest absolute Gasteiger partial charge is 0.166 e. The maximum absolute atomic E-state index is 11.5. The molecule has 1 heteroatoms. The molecule has 0 aliphatic heterocycles. The SMILES string of the molecule is Cc1ccc2c(c1)C(=O)[C@H](C)C2. The predicted octanol–water partition coefficient (Wildman–Crippen LogP) is 2.37. The van der Waals surface area contributed by atoms with Crippen LogP contribution >= 0.6 is 0 Å². The Hall–Kier alpha value is -1.11. The van der Waals surface area contributed by atoms with Gasteiger partial charge in [0.25, 0.3) is 0 Å². The molecule has 2 rings (SSSR count). The second-order valence-electron chi connectivity index (χ2n) is 3.63. The van der Waals surface area contributed by atoms with Crippen molar-refractivity contribution in [2.45, 2.75) is 20.3 Å². The van der Waals surface area contributed by atoms with E-state index in [0.717, 1.165) is 12.0 Å². The van der Waals surface area contributed by atoms with Crippen molar-refractivity contribution in [1.29, 1.82) is 0 Å².